The highest BCUT2D eigenvalue weighted by atomic mass is 32.2. The second-order valence-corrected chi connectivity index (χ2v) is 7.76. The summed E-state index contributed by atoms with van der Waals surface area (Å²) in [7, 11) is -3.45. The largest absolute Gasteiger partial charge is 0.392 e. The Morgan fingerprint density at radius 1 is 1.40 bits per heavy atom. The molecule has 1 aromatic carbocycles. The maximum Gasteiger partial charge on any atom is 0.243 e. The molecule has 5 heteroatoms. The van der Waals surface area contributed by atoms with Gasteiger partial charge in [0, 0.05) is 13.1 Å². The van der Waals surface area contributed by atoms with Crippen molar-refractivity contribution in [3.8, 4) is 0 Å². The van der Waals surface area contributed by atoms with E-state index in [4.69, 9.17) is 0 Å². The van der Waals surface area contributed by atoms with Gasteiger partial charge in [-0.2, -0.15) is 4.31 Å². The fourth-order valence-electron chi connectivity index (χ4n) is 2.77. The molecule has 1 saturated heterocycles. The van der Waals surface area contributed by atoms with Crippen molar-refractivity contribution in [2.45, 2.75) is 38.7 Å². The van der Waals surface area contributed by atoms with Gasteiger partial charge in [0.15, 0.2) is 0 Å². The molecule has 0 spiro atoms. The first-order chi connectivity index (χ1) is 9.37. The Morgan fingerprint density at radius 2 is 2.10 bits per heavy atom. The minimum atomic E-state index is -3.45. The maximum absolute atomic E-state index is 12.7. The summed E-state index contributed by atoms with van der Waals surface area (Å²) >= 11 is 0. The SMILES string of the molecule is Cc1c(CO)cccc1S(=O)(=O)N1CCC(C(C)C)C1. The molecule has 1 aliphatic heterocycles. The monoisotopic (exact) mass is 297 g/mol. The van der Waals surface area contributed by atoms with E-state index in [1.54, 1.807) is 29.4 Å². The molecule has 1 unspecified atom stereocenters. The number of aliphatic hydroxyl groups excluding tert-OH is 1. The number of benzene rings is 1. The summed E-state index contributed by atoms with van der Waals surface area (Å²) in [4.78, 5) is 0.327. The Balaban J connectivity index is 2.33. The number of rotatable bonds is 4. The van der Waals surface area contributed by atoms with Gasteiger partial charge in [0.25, 0.3) is 0 Å². The zero-order valence-electron chi connectivity index (χ0n) is 12.3. The van der Waals surface area contributed by atoms with Crippen LogP contribution in [-0.4, -0.2) is 30.9 Å². The van der Waals surface area contributed by atoms with E-state index in [2.05, 4.69) is 13.8 Å². The second-order valence-electron chi connectivity index (χ2n) is 5.85. The van der Waals surface area contributed by atoms with E-state index >= 15 is 0 Å². The smallest absolute Gasteiger partial charge is 0.243 e. The highest BCUT2D eigenvalue weighted by Gasteiger charge is 2.34. The molecule has 0 saturated carbocycles. The van der Waals surface area contributed by atoms with Crippen molar-refractivity contribution >= 4 is 10.0 Å². The van der Waals surface area contributed by atoms with Crippen molar-refractivity contribution in [2.75, 3.05) is 13.1 Å². The highest BCUT2D eigenvalue weighted by molar-refractivity contribution is 7.89. The minimum Gasteiger partial charge on any atom is -0.392 e. The van der Waals surface area contributed by atoms with Gasteiger partial charge in [-0.25, -0.2) is 8.42 Å². The summed E-state index contributed by atoms with van der Waals surface area (Å²) < 4.78 is 27.1. The van der Waals surface area contributed by atoms with Crippen molar-refractivity contribution in [1.29, 1.82) is 0 Å². The summed E-state index contributed by atoms with van der Waals surface area (Å²) in [6, 6.07) is 5.09. The van der Waals surface area contributed by atoms with Crippen molar-refractivity contribution in [3.63, 3.8) is 0 Å². The van der Waals surface area contributed by atoms with E-state index in [1.807, 2.05) is 0 Å². The van der Waals surface area contributed by atoms with Gasteiger partial charge >= 0.3 is 0 Å². The molecule has 1 aromatic rings. The zero-order chi connectivity index (χ0) is 14.9. The second kappa shape index (κ2) is 5.84. The van der Waals surface area contributed by atoms with E-state index < -0.39 is 10.0 Å². The van der Waals surface area contributed by atoms with Crippen LogP contribution in [0.25, 0.3) is 0 Å². The van der Waals surface area contributed by atoms with Crippen molar-refractivity contribution in [1.82, 2.24) is 4.31 Å². The van der Waals surface area contributed by atoms with Gasteiger partial charge < -0.3 is 5.11 Å². The Bertz CT molecular complexity index is 581. The quantitative estimate of drug-likeness (QED) is 0.926. The fourth-order valence-corrected chi connectivity index (χ4v) is 4.55. The van der Waals surface area contributed by atoms with Crippen LogP contribution >= 0.6 is 0 Å². The van der Waals surface area contributed by atoms with Crippen molar-refractivity contribution in [2.24, 2.45) is 11.8 Å². The van der Waals surface area contributed by atoms with Crippen molar-refractivity contribution in [3.05, 3.63) is 29.3 Å². The summed E-state index contributed by atoms with van der Waals surface area (Å²) in [5.74, 6) is 0.936. The molecule has 1 N–H and O–H groups in total. The molecule has 0 aromatic heterocycles. The molecule has 4 nitrogen and oxygen atoms in total. The van der Waals surface area contributed by atoms with Gasteiger partial charge in [0.05, 0.1) is 11.5 Å². The molecule has 0 amide bonds. The molecule has 1 heterocycles. The van der Waals surface area contributed by atoms with Crippen LogP contribution in [0, 0.1) is 18.8 Å². The van der Waals surface area contributed by atoms with Gasteiger partial charge in [0.1, 0.15) is 0 Å². The fraction of sp³-hybridized carbons (Fsp3) is 0.600. The lowest BCUT2D eigenvalue weighted by Crippen LogP contribution is -2.30. The average Bonchev–Trinajstić information content (AvgIpc) is 2.89. The Kier molecular flexibility index (Phi) is 4.52. The van der Waals surface area contributed by atoms with E-state index in [9.17, 15) is 13.5 Å². The van der Waals surface area contributed by atoms with Crippen LogP contribution in [0.1, 0.15) is 31.4 Å². The lowest BCUT2D eigenvalue weighted by molar-refractivity contribution is 0.280. The van der Waals surface area contributed by atoms with Crippen LogP contribution in [0.15, 0.2) is 23.1 Å². The van der Waals surface area contributed by atoms with Gasteiger partial charge in [-0.1, -0.05) is 26.0 Å². The molecule has 0 aliphatic carbocycles. The average molecular weight is 297 g/mol. The zero-order valence-corrected chi connectivity index (χ0v) is 13.2. The Morgan fingerprint density at radius 3 is 2.65 bits per heavy atom. The standard InChI is InChI=1S/C15H23NO3S/c1-11(2)13-7-8-16(9-13)20(18,19)15-6-4-5-14(10-17)12(15)3/h4-6,11,13,17H,7-10H2,1-3H3. The summed E-state index contributed by atoms with van der Waals surface area (Å²) in [5, 5.41) is 9.28. The van der Waals surface area contributed by atoms with E-state index in [-0.39, 0.29) is 6.61 Å². The predicted octanol–water partition coefficient (Wildman–Crippen LogP) is 2.15. The summed E-state index contributed by atoms with van der Waals surface area (Å²) in [6.07, 6.45) is 0.926. The lowest BCUT2D eigenvalue weighted by Gasteiger charge is -2.20. The third-order valence-corrected chi connectivity index (χ3v) is 6.32. The first kappa shape index (κ1) is 15.5. The molecule has 112 valence electrons. The molecular weight excluding hydrogens is 274 g/mol. The third kappa shape index (κ3) is 2.75. The molecule has 0 bridgehead atoms. The van der Waals surface area contributed by atoms with Crippen LogP contribution in [0.4, 0.5) is 0 Å². The number of hydrogen-bond donors (Lipinski definition) is 1. The Hall–Kier alpha value is -0.910. The minimum absolute atomic E-state index is 0.135. The number of aliphatic hydroxyl groups is 1. The highest BCUT2D eigenvalue weighted by Crippen LogP contribution is 2.30. The topological polar surface area (TPSA) is 57.6 Å². The first-order valence-electron chi connectivity index (χ1n) is 7.07. The van der Waals surface area contributed by atoms with Crippen LogP contribution in [-0.2, 0) is 16.6 Å². The van der Waals surface area contributed by atoms with E-state index in [1.165, 1.54) is 0 Å². The summed E-state index contributed by atoms with van der Waals surface area (Å²) in [5.41, 5.74) is 1.33. The van der Waals surface area contributed by atoms with E-state index in [0.717, 1.165) is 6.42 Å². The van der Waals surface area contributed by atoms with Crippen LogP contribution < -0.4 is 0 Å². The molecule has 1 atom stereocenters. The molecule has 0 radical (unpaired) electrons. The molecule has 2 rings (SSSR count). The van der Waals surface area contributed by atoms with Gasteiger partial charge in [-0.15, -0.1) is 0 Å². The summed E-state index contributed by atoms with van der Waals surface area (Å²) in [6.45, 7) is 7.09. The van der Waals surface area contributed by atoms with Crippen LogP contribution in [0.5, 0.6) is 0 Å². The lowest BCUT2D eigenvalue weighted by atomic mass is 9.96. The number of sulfonamides is 1. The maximum atomic E-state index is 12.7. The first-order valence-corrected chi connectivity index (χ1v) is 8.51. The molecule has 20 heavy (non-hydrogen) atoms. The Labute approximate surface area is 121 Å². The van der Waals surface area contributed by atoms with Crippen molar-refractivity contribution < 1.29 is 13.5 Å². The van der Waals surface area contributed by atoms with Gasteiger partial charge in [-0.05, 0) is 42.4 Å². The number of hydrogen-bond acceptors (Lipinski definition) is 3. The van der Waals surface area contributed by atoms with Crippen LogP contribution in [0.3, 0.4) is 0 Å². The molecular formula is C15H23NO3S. The normalized spacial score (nSPS) is 20.8. The van der Waals surface area contributed by atoms with Crippen LogP contribution in [0.2, 0.25) is 0 Å². The van der Waals surface area contributed by atoms with Gasteiger partial charge in [0.2, 0.25) is 10.0 Å². The molecule has 1 fully saturated rings. The number of nitrogens with zero attached hydrogens (tertiary/aromatic N) is 1. The molecule has 1 aliphatic rings. The van der Waals surface area contributed by atoms with Gasteiger partial charge in [-0.3, -0.25) is 0 Å². The third-order valence-electron chi connectivity index (χ3n) is 4.31. The van der Waals surface area contributed by atoms with E-state index in [0.29, 0.717) is 40.9 Å². The predicted molar refractivity (Wildman–Crippen MR) is 78.8 cm³/mol.